The lowest BCUT2D eigenvalue weighted by Crippen LogP contribution is -2.22. The van der Waals surface area contributed by atoms with Crippen LogP contribution in [0.3, 0.4) is 0 Å². The number of hydrogen-bond donors (Lipinski definition) is 0. The summed E-state index contributed by atoms with van der Waals surface area (Å²) in [5.41, 5.74) is 4.77. The summed E-state index contributed by atoms with van der Waals surface area (Å²) >= 11 is 0. The van der Waals surface area contributed by atoms with Crippen molar-refractivity contribution in [2.45, 2.75) is 25.8 Å². The van der Waals surface area contributed by atoms with E-state index in [1.165, 1.54) is 4.68 Å². The lowest BCUT2D eigenvalue weighted by molar-refractivity contribution is 0.537. The van der Waals surface area contributed by atoms with Crippen molar-refractivity contribution in [2.24, 2.45) is 0 Å². The highest BCUT2D eigenvalue weighted by atomic mass is 16.1. The second-order valence-corrected chi connectivity index (χ2v) is 6.56. The van der Waals surface area contributed by atoms with E-state index in [2.05, 4.69) is 34.5 Å². The van der Waals surface area contributed by atoms with E-state index in [0.717, 1.165) is 40.7 Å². The minimum absolute atomic E-state index is 0.124. The van der Waals surface area contributed by atoms with E-state index in [-0.39, 0.29) is 5.56 Å². The molecule has 3 aromatic heterocycles. The van der Waals surface area contributed by atoms with Gasteiger partial charge in [0, 0.05) is 42.6 Å². The van der Waals surface area contributed by atoms with Gasteiger partial charge in [-0.15, -0.1) is 0 Å². The first-order chi connectivity index (χ1) is 13.8. The third kappa shape index (κ3) is 3.55. The molecule has 4 aromatic rings. The average Bonchev–Trinajstić information content (AvgIpc) is 3.21. The molecule has 0 unspecified atom stereocenters. The minimum Gasteiger partial charge on any atom is -0.268 e. The fourth-order valence-corrected chi connectivity index (χ4v) is 3.27. The molecule has 4 rings (SSSR count). The van der Waals surface area contributed by atoms with Crippen LogP contribution in [-0.2, 0) is 6.54 Å². The van der Waals surface area contributed by atoms with Crippen LogP contribution in [0.1, 0.15) is 19.3 Å². The Morgan fingerprint density at radius 2 is 1.89 bits per heavy atom. The van der Waals surface area contributed by atoms with Crippen LogP contribution < -0.4 is 5.56 Å². The summed E-state index contributed by atoms with van der Waals surface area (Å²) < 4.78 is 3.33. The van der Waals surface area contributed by atoms with E-state index in [1.54, 1.807) is 18.3 Å². The number of nitrogens with zero attached hydrogens (tertiary/aromatic N) is 5. The van der Waals surface area contributed by atoms with Gasteiger partial charge in [0.1, 0.15) is 0 Å². The largest absolute Gasteiger partial charge is 0.268 e. The first-order valence-corrected chi connectivity index (χ1v) is 9.24. The van der Waals surface area contributed by atoms with Gasteiger partial charge in [-0.05, 0) is 42.7 Å². The zero-order valence-electron chi connectivity index (χ0n) is 15.3. The summed E-state index contributed by atoms with van der Waals surface area (Å²) in [4.78, 5) is 12.1. The first kappa shape index (κ1) is 17.7. The maximum absolute atomic E-state index is 12.1. The molecule has 0 aliphatic carbocycles. The topological polar surface area (TPSA) is 76.0 Å². The lowest BCUT2D eigenvalue weighted by Gasteiger charge is -2.09. The van der Waals surface area contributed by atoms with Gasteiger partial charge < -0.3 is 0 Å². The van der Waals surface area contributed by atoms with Gasteiger partial charge >= 0.3 is 0 Å². The Morgan fingerprint density at radius 1 is 1.00 bits per heavy atom. The molecule has 0 spiro atoms. The lowest BCUT2D eigenvalue weighted by atomic mass is 10.0. The maximum Gasteiger partial charge on any atom is 0.266 e. The molecule has 0 atom stereocenters. The molecule has 138 valence electrons. The van der Waals surface area contributed by atoms with Crippen molar-refractivity contribution in [1.82, 2.24) is 19.4 Å². The number of nitriles is 1. The summed E-state index contributed by atoms with van der Waals surface area (Å²) in [6, 6.07) is 19.6. The highest BCUT2D eigenvalue weighted by molar-refractivity contribution is 5.82. The molecular formula is C22H19N5O. The third-order valence-electron chi connectivity index (χ3n) is 4.68. The molecule has 0 saturated carbocycles. The van der Waals surface area contributed by atoms with Gasteiger partial charge in [0.15, 0.2) is 0 Å². The fourth-order valence-electron chi connectivity index (χ4n) is 3.27. The summed E-state index contributed by atoms with van der Waals surface area (Å²) in [7, 11) is 0. The fraction of sp³-hybridized carbons (Fsp3) is 0.182. The molecule has 0 bridgehead atoms. The number of unbranched alkanes of at least 4 members (excludes halogenated alkanes) is 2. The van der Waals surface area contributed by atoms with Crippen LogP contribution >= 0.6 is 0 Å². The van der Waals surface area contributed by atoms with Crippen LogP contribution in [0, 0.1) is 11.3 Å². The Morgan fingerprint density at radius 3 is 2.79 bits per heavy atom. The number of benzene rings is 1. The molecule has 28 heavy (non-hydrogen) atoms. The van der Waals surface area contributed by atoms with Crippen molar-refractivity contribution >= 4 is 5.52 Å². The predicted octanol–water partition coefficient (Wildman–Crippen LogP) is 3.92. The smallest absolute Gasteiger partial charge is 0.266 e. The maximum atomic E-state index is 12.1. The Labute approximate surface area is 162 Å². The minimum atomic E-state index is -0.124. The van der Waals surface area contributed by atoms with Crippen LogP contribution in [0.2, 0.25) is 0 Å². The number of pyridine rings is 1. The van der Waals surface area contributed by atoms with Crippen molar-refractivity contribution in [3.05, 3.63) is 77.3 Å². The van der Waals surface area contributed by atoms with Crippen molar-refractivity contribution in [1.29, 1.82) is 5.26 Å². The van der Waals surface area contributed by atoms with Crippen molar-refractivity contribution in [2.75, 3.05) is 0 Å². The van der Waals surface area contributed by atoms with Gasteiger partial charge in [0.05, 0.1) is 17.3 Å². The zero-order valence-corrected chi connectivity index (χ0v) is 15.3. The molecule has 0 aliphatic heterocycles. The van der Waals surface area contributed by atoms with Gasteiger partial charge in [-0.3, -0.25) is 4.79 Å². The number of aryl methyl sites for hydroxylation is 1. The molecule has 1 aromatic carbocycles. The quantitative estimate of drug-likeness (QED) is 0.483. The molecule has 6 heteroatoms. The SMILES string of the molecule is N#CCCCCn1nc(-c2cccc(-c3cccn4nccc34)c2)ccc1=O. The third-order valence-corrected chi connectivity index (χ3v) is 4.68. The Hall–Kier alpha value is -3.72. The van der Waals surface area contributed by atoms with Crippen molar-refractivity contribution in [3.8, 4) is 28.5 Å². The van der Waals surface area contributed by atoms with E-state index in [1.807, 2.05) is 35.0 Å². The van der Waals surface area contributed by atoms with Gasteiger partial charge in [0.25, 0.3) is 5.56 Å². The Bertz CT molecular complexity index is 1220. The first-order valence-electron chi connectivity index (χ1n) is 9.24. The second kappa shape index (κ2) is 7.89. The van der Waals surface area contributed by atoms with Gasteiger partial charge in [0.2, 0.25) is 0 Å². The number of aromatic nitrogens is 4. The van der Waals surface area contributed by atoms with E-state index in [9.17, 15) is 4.79 Å². The average molecular weight is 369 g/mol. The summed E-state index contributed by atoms with van der Waals surface area (Å²) in [6.07, 6.45) is 5.72. The molecule has 0 N–H and O–H groups in total. The normalized spacial score (nSPS) is 10.8. The number of fused-ring (bicyclic) bond motifs is 1. The summed E-state index contributed by atoms with van der Waals surface area (Å²) in [5, 5.41) is 17.5. The standard InChI is InChI=1S/C22H19N5O/c23-12-2-1-3-14-27-22(28)10-9-20(25-27)18-7-4-6-17(16-18)19-8-5-15-26-21(19)11-13-24-26/h4-11,13,15-16H,1-3,14H2. The molecule has 0 radical (unpaired) electrons. The molecule has 0 fully saturated rings. The molecule has 3 heterocycles. The van der Waals surface area contributed by atoms with Crippen LogP contribution in [-0.4, -0.2) is 19.4 Å². The molecule has 0 amide bonds. The van der Waals surface area contributed by atoms with Crippen LogP contribution in [0.25, 0.3) is 27.9 Å². The van der Waals surface area contributed by atoms with E-state index in [4.69, 9.17) is 5.26 Å². The highest BCUT2D eigenvalue weighted by Crippen LogP contribution is 2.28. The molecule has 0 aliphatic rings. The zero-order chi connectivity index (χ0) is 19.3. The van der Waals surface area contributed by atoms with Gasteiger partial charge in [-0.2, -0.15) is 15.5 Å². The van der Waals surface area contributed by atoms with Crippen molar-refractivity contribution in [3.63, 3.8) is 0 Å². The molecule has 0 saturated heterocycles. The van der Waals surface area contributed by atoms with E-state index >= 15 is 0 Å². The van der Waals surface area contributed by atoms with E-state index in [0.29, 0.717) is 13.0 Å². The van der Waals surface area contributed by atoms with Crippen LogP contribution in [0.5, 0.6) is 0 Å². The van der Waals surface area contributed by atoms with Gasteiger partial charge in [-0.1, -0.05) is 24.3 Å². The summed E-state index contributed by atoms with van der Waals surface area (Å²) in [6.45, 7) is 0.517. The Balaban J connectivity index is 1.67. The number of rotatable bonds is 6. The number of hydrogen-bond acceptors (Lipinski definition) is 4. The highest BCUT2D eigenvalue weighted by Gasteiger charge is 2.08. The predicted molar refractivity (Wildman–Crippen MR) is 108 cm³/mol. The van der Waals surface area contributed by atoms with Crippen molar-refractivity contribution < 1.29 is 0 Å². The Kier molecular flexibility index (Phi) is 4.98. The summed E-state index contributed by atoms with van der Waals surface area (Å²) in [5.74, 6) is 0. The van der Waals surface area contributed by atoms with Crippen LogP contribution in [0.15, 0.2) is 71.8 Å². The second-order valence-electron chi connectivity index (χ2n) is 6.56. The van der Waals surface area contributed by atoms with E-state index < -0.39 is 0 Å². The monoisotopic (exact) mass is 369 g/mol. The van der Waals surface area contributed by atoms with Gasteiger partial charge in [-0.25, -0.2) is 9.20 Å². The molecule has 6 nitrogen and oxygen atoms in total. The van der Waals surface area contributed by atoms with Crippen LogP contribution in [0.4, 0.5) is 0 Å². The molecular weight excluding hydrogens is 350 g/mol.